The Labute approximate surface area is 125 Å². The summed E-state index contributed by atoms with van der Waals surface area (Å²) in [5.41, 5.74) is 2.68. The van der Waals surface area contributed by atoms with Gasteiger partial charge in [-0.15, -0.1) is 0 Å². The average Bonchev–Trinajstić information content (AvgIpc) is 2.86. The molecule has 0 aliphatic heterocycles. The normalized spacial score (nSPS) is 20.1. The van der Waals surface area contributed by atoms with Gasteiger partial charge >= 0.3 is 0 Å². The number of para-hydroxylation sites is 2. The van der Waals surface area contributed by atoms with Crippen LogP contribution in [0.3, 0.4) is 0 Å². The van der Waals surface area contributed by atoms with Crippen LogP contribution in [0.4, 0.5) is 0 Å². The topological polar surface area (TPSA) is 30.5 Å². The Morgan fingerprint density at radius 3 is 2.52 bits per heavy atom. The number of hydrogen-bond donors (Lipinski definition) is 1. The van der Waals surface area contributed by atoms with Crippen molar-refractivity contribution < 1.29 is 9.47 Å². The zero-order valence-corrected chi connectivity index (χ0v) is 12.5. The van der Waals surface area contributed by atoms with Crippen LogP contribution >= 0.6 is 0 Å². The molecule has 3 rings (SSSR count). The fourth-order valence-corrected chi connectivity index (χ4v) is 3.10. The van der Waals surface area contributed by atoms with Crippen molar-refractivity contribution >= 4 is 0 Å². The van der Waals surface area contributed by atoms with E-state index in [0.29, 0.717) is 5.92 Å². The predicted molar refractivity (Wildman–Crippen MR) is 83.9 cm³/mol. The Hall–Kier alpha value is -2.00. The minimum Gasteiger partial charge on any atom is -0.493 e. The minimum absolute atomic E-state index is 0.0740. The van der Waals surface area contributed by atoms with E-state index in [1.165, 1.54) is 11.1 Å². The van der Waals surface area contributed by atoms with Gasteiger partial charge in [-0.1, -0.05) is 36.4 Å². The molecule has 2 atom stereocenters. The molecule has 0 fully saturated rings. The van der Waals surface area contributed by atoms with Crippen molar-refractivity contribution in [2.75, 3.05) is 20.7 Å². The lowest BCUT2D eigenvalue weighted by molar-refractivity contribution is 0.144. The zero-order valence-electron chi connectivity index (χ0n) is 12.5. The summed E-state index contributed by atoms with van der Waals surface area (Å²) in [5.74, 6) is 2.03. The Bertz CT molecular complexity index is 612. The van der Waals surface area contributed by atoms with E-state index in [-0.39, 0.29) is 6.10 Å². The summed E-state index contributed by atoms with van der Waals surface area (Å²) in [4.78, 5) is 0. The van der Waals surface area contributed by atoms with Crippen LogP contribution in [-0.2, 0) is 6.42 Å². The number of rotatable bonds is 5. The van der Waals surface area contributed by atoms with Crippen molar-refractivity contribution in [1.82, 2.24) is 5.32 Å². The Morgan fingerprint density at radius 2 is 1.76 bits per heavy atom. The molecule has 21 heavy (non-hydrogen) atoms. The van der Waals surface area contributed by atoms with Gasteiger partial charge in [-0.3, -0.25) is 0 Å². The second kappa shape index (κ2) is 6.19. The van der Waals surface area contributed by atoms with Crippen LogP contribution in [0, 0.1) is 5.92 Å². The summed E-state index contributed by atoms with van der Waals surface area (Å²) in [7, 11) is 3.67. The van der Waals surface area contributed by atoms with E-state index in [1.807, 2.05) is 31.3 Å². The predicted octanol–water partition coefficient (Wildman–Crippen LogP) is 3.21. The summed E-state index contributed by atoms with van der Waals surface area (Å²) in [6, 6.07) is 16.4. The Morgan fingerprint density at radius 1 is 1.05 bits per heavy atom. The quantitative estimate of drug-likeness (QED) is 0.914. The van der Waals surface area contributed by atoms with Crippen molar-refractivity contribution in [3.05, 3.63) is 59.7 Å². The molecular formula is C18H21NO2. The maximum Gasteiger partial charge on any atom is 0.162 e. The number of methoxy groups -OCH3 is 1. The summed E-state index contributed by atoms with van der Waals surface area (Å²) in [6.45, 7) is 0.939. The summed E-state index contributed by atoms with van der Waals surface area (Å²) < 4.78 is 11.7. The van der Waals surface area contributed by atoms with Crippen LogP contribution in [0.5, 0.6) is 11.5 Å². The van der Waals surface area contributed by atoms with Crippen molar-refractivity contribution in [1.29, 1.82) is 0 Å². The van der Waals surface area contributed by atoms with Crippen LogP contribution in [-0.4, -0.2) is 20.7 Å². The molecule has 0 saturated heterocycles. The zero-order chi connectivity index (χ0) is 14.7. The molecule has 0 bridgehead atoms. The molecule has 3 nitrogen and oxygen atoms in total. The summed E-state index contributed by atoms with van der Waals surface area (Å²) in [5, 5.41) is 3.28. The molecule has 2 aromatic rings. The highest BCUT2D eigenvalue weighted by Crippen LogP contribution is 2.41. The van der Waals surface area contributed by atoms with Crippen molar-refractivity contribution in [3.63, 3.8) is 0 Å². The molecule has 0 aromatic heterocycles. The highest BCUT2D eigenvalue weighted by molar-refractivity contribution is 5.42. The average molecular weight is 283 g/mol. The van der Waals surface area contributed by atoms with Gasteiger partial charge in [0.15, 0.2) is 11.5 Å². The van der Waals surface area contributed by atoms with Crippen LogP contribution in [0.2, 0.25) is 0 Å². The largest absolute Gasteiger partial charge is 0.493 e. The molecule has 1 aliphatic carbocycles. The van der Waals surface area contributed by atoms with Crippen molar-refractivity contribution in [2.24, 2.45) is 5.92 Å². The molecule has 110 valence electrons. The van der Waals surface area contributed by atoms with E-state index >= 15 is 0 Å². The summed E-state index contributed by atoms with van der Waals surface area (Å²) >= 11 is 0. The van der Waals surface area contributed by atoms with E-state index in [9.17, 15) is 0 Å². The maximum absolute atomic E-state index is 6.32. The molecule has 1 aliphatic rings. The Kier molecular flexibility index (Phi) is 4.11. The monoisotopic (exact) mass is 283 g/mol. The van der Waals surface area contributed by atoms with Gasteiger partial charge in [-0.2, -0.15) is 0 Å². The van der Waals surface area contributed by atoms with Crippen LogP contribution in [0.1, 0.15) is 17.2 Å². The summed E-state index contributed by atoms with van der Waals surface area (Å²) in [6.07, 6.45) is 1.13. The van der Waals surface area contributed by atoms with E-state index in [4.69, 9.17) is 9.47 Å². The van der Waals surface area contributed by atoms with Crippen LogP contribution < -0.4 is 14.8 Å². The lowest BCUT2D eigenvalue weighted by Crippen LogP contribution is -2.25. The van der Waals surface area contributed by atoms with Crippen molar-refractivity contribution in [3.8, 4) is 11.5 Å². The number of fused-ring (bicyclic) bond motifs is 1. The highest BCUT2D eigenvalue weighted by atomic mass is 16.5. The van der Waals surface area contributed by atoms with E-state index < -0.39 is 0 Å². The lowest BCUT2D eigenvalue weighted by atomic mass is 10.0. The second-order valence-corrected chi connectivity index (χ2v) is 5.41. The molecule has 0 radical (unpaired) electrons. The third-order valence-corrected chi connectivity index (χ3v) is 4.06. The first kappa shape index (κ1) is 14.0. The van der Waals surface area contributed by atoms with Gasteiger partial charge in [-0.05, 0) is 36.7 Å². The molecule has 0 spiro atoms. The van der Waals surface area contributed by atoms with Gasteiger partial charge in [0.05, 0.1) is 7.11 Å². The molecule has 0 unspecified atom stereocenters. The van der Waals surface area contributed by atoms with E-state index in [0.717, 1.165) is 24.5 Å². The van der Waals surface area contributed by atoms with Gasteiger partial charge in [0.25, 0.3) is 0 Å². The van der Waals surface area contributed by atoms with Gasteiger partial charge < -0.3 is 14.8 Å². The smallest absolute Gasteiger partial charge is 0.162 e. The molecule has 0 amide bonds. The van der Waals surface area contributed by atoms with Gasteiger partial charge in [0.2, 0.25) is 0 Å². The van der Waals surface area contributed by atoms with Gasteiger partial charge in [0, 0.05) is 12.5 Å². The number of hydrogen-bond acceptors (Lipinski definition) is 3. The highest BCUT2D eigenvalue weighted by Gasteiger charge is 2.33. The first-order valence-corrected chi connectivity index (χ1v) is 7.35. The molecule has 0 saturated carbocycles. The second-order valence-electron chi connectivity index (χ2n) is 5.41. The molecule has 2 aromatic carbocycles. The standard InChI is InChI=1S/C18H21NO2/c1-19-12-14-11-13-7-3-4-8-15(13)18(14)21-17-10-6-5-9-16(17)20-2/h3-10,14,18-19H,11-12H2,1-2H3/t14-,18+/m1/s1. The SMILES string of the molecule is CNC[C@H]1Cc2ccccc2[C@H]1Oc1ccccc1OC. The lowest BCUT2D eigenvalue weighted by Gasteiger charge is -2.23. The Balaban J connectivity index is 1.91. The number of nitrogens with one attached hydrogen (secondary N) is 1. The van der Waals surface area contributed by atoms with Crippen LogP contribution in [0.25, 0.3) is 0 Å². The maximum atomic E-state index is 6.32. The minimum atomic E-state index is 0.0740. The van der Waals surface area contributed by atoms with E-state index in [1.54, 1.807) is 7.11 Å². The first-order chi connectivity index (χ1) is 10.3. The van der Waals surface area contributed by atoms with Gasteiger partial charge in [0.1, 0.15) is 6.10 Å². The third kappa shape index (κ3) is 2.74. The van der Waals surface area contributed by atoms with Crippen LogP contribution in [0.15, 0.2) is 48.5 Å². The number of ether oxygens (including phenoxy) is 2. The third-order valence-electron chi connectivity index (χ3n) is 4.06. The van der Waals surface area contributed by atoms with Gasteiger partial charge in [-0.25, -0.2) is 0 Å². The molecule has 1 N–H and O–H groups in total. The van der Waals surface area contributed by atoms with Crippen molar-refractivity contribution in [2.45, 2.75) is 12.5 Å². The number of benzene rings is 2. The first-order valence-electron chi connectivity index (χ1n) is 7.35. The fourth-order valence-electron chi connectivity index (χ4n) is 3.10. The fraction of sp³-hybridized carbons (Fsp3) is 0.333. The molecule has 3 heteroatoms. The molecular weight excluding hydrogens is 262 g/mol. The van der Waals surface area contributed by atoms with E-state index in [2.05, 4.69) is 29.6 Å². The molecule has 0 heterocycles.